The predicted octanol–water partition coefficient (Wildman–Crippen LogP) is -0.679. The minimum atomic E-state index is -1.03. The van der Waals surface area contributed by atoms with E-state index >= 15 is 0 Å². The van der Waals surface area contributed by atoms with Crippen molar-refractivity contribution in [2.75, 3.05) is 19.8 Å². The van der Waals surface area contributed by atoms with Gasteiger partial charge >= 0.3 is 12.0 Å². The average Bonchev–Trinajstić information content (AvgIpc) is 2.71. The van der Waals surface area contributed by atoms with E-state index in [1.165, 1.54) is 0 Å². The van der Waals surface area contributed by atoms with Gasteiger partial charge in [0.25, 0.3) is 0 Å². The molecule has 0 bridgehead atoms. The van der Waals surface area contributed by atoms with Gasteiger partial charge in [0.1, 0.15) is 6.61 Å². The SMILES string of the molecule is Cn1cc(CNC(=O)NCCOCC(=O)O)cn1. The molecule has 1 heterocycles. The highest BCUT2D eigenvalue weighted by molar-refractivity contribution is 5.73. The fourth-order valence-corrected chi connectivity index (χ4v) is 1.20. The molecule has 0 aromatic carbocycles. The fourth-order valence-electron chi connectivity index (χ4n) is 1.20. The number of urea groups is 1. The summed E-state index contributed by atoms with van der Waals surface area (Å²) < 4.78 is 6.40. The van der Waals surface area contributed by atoms with Crippen molar-refractivity contribution in [3.05, 3.63) is 18.0 Å². The molecule has 0 fully saturated rings. The molecule has 18 heavy (non-hydrogen) atoms. The Morgan fingerprint density at radius 1 is 1.50 bits per heavy atom. The molecule has 2 amide bonds. The molecule has 3 N–H and O–H groups in total. The zero-order valence-electron chi connectivity index (χ0n) is 10.0. The summed E-state index contributed by atoms with van der Waals surface area (Å²) in [4.78, 5) is 21.4. The van der Waals surface area contributed by atoms with Crippen LogP contribution in [0.2, 0.25) is 0 Å². The smallest absolute Gasteiger partial charge is 0.329 e. The van der Waals surface area contributed by atoms with Crippen molar-refractivity contribution in [2.45, 2.75) is 6.54 Å². The Balaban J connectivity index is 2.05. The van der Waals surface area contributed by atoms with Crippen molar-refractivity contribution in [2.24, 2.45) is 7.05 Å². The van der Waals surface area contributed by atoms with E-state index < -0.39 is 5.97 Å². The maximum absolute atomic E-state index is 11.3. The third kappa shape index (κ3) is 5.85. The van der Waals surface area contributed by atoms with Crippen LogP contribution in [-0.2, 0) is 23.1 Å². The van der Waals surface area contributed by atoms with E-state index in [2.05, 4.69) is 15.7 Å². The largest absolute Gasteiger partial charge is 0.480 e. The zero-order valence-corrected chi connectivity index (χ0v) is 10.0. The molecular formula is C10H16N4O4. The van der Waals surface area contributed by atoms with Gasteiger partial charge in [0.2, 0.25) is 0 Å². The maximum Gasteiger partial charge on any atom is 0.329 e. The minimum absolute atomic E-state index is 0.159. The Bertz CT molecular complexity index is 404. The van der Waals surface area contributed by atoms with Crippen LogP contribution in [0.15, 0.2) is 12.4 Å². The van der Waals surface area contributed by atoms with Gasteiger partial charge in [-0.15, -0.1) is 0 Å². The van der Waals surface area contributed by atoms with Gasteiger partial charge < -0.3 is 20.5 Å². The number of rotatable bonds is 7. The molecule has 0 radical (unpaired) electrons. The molecule has 0 spiro atoms. The number of amides is 2. The summed E-state index contributed by atoms with van der Waals surface area (Å²) in [6, 6.07) is -0.335. The van der Waals surface area contributed by atoms with Gasteiger partial charge in [-0.1, -0.05) is 0 Å². The van der Waals surface area contributed by atoms with Crippen LogP contribution in [0, 0.1) is 0 Å². The Morgan fingerprint density at radius 2 is 2.28 bits per heavy atom. The molecule has 8 nitrogen and oxygen atoms in total. The third-order valence-electron chi connectivity index (χ3n) is 1.97. The number of aryl methyl sites for hydroxylation is 1. The number of carboxylic acids is 1. The molecular weight excluding hydrogens is 240 g/mol. The molecule has 1 aromatic rings. The van der Waals surface area contributed by atoms with Crippen LogP contribution < -0.4 is 10.6 Å². The summed E-state index contributed by atoms with van der Waals surface area (Å²) in [5, 5.41) is 17.4. The second-order valence-electron chi connectivity index (χ2n) is 3.58. The number of aromatic nitrogens is 2. The first-order valence-electron chi connectivity index (χ1n) is 5.36. The summed E-state index contributed by atoms with van der Waals surface area (Å²) in [5.41, 5.74) is 0.898. The van der Waals surface area contributed by atoms with Crippen LogP contribution in [-0.4, -0.2) is 46.6 Å². The number of carbonyl (C=O) groups excluding carboxylic acids is 1. The molecule has 0 aliphatic heterocycles. The fraction of sp³-hybridized carbons (Fsp3) is 0.500. The molecule has 1 rings (SSSR count). The van der Waals surface area contributed by atoms with E-state index in [0.717, 1.165) is 5.56 Å². The number of nitrogens with one attached hydrogen (secondary N) is 2. The highest BCUT2D eigenvalue weighted by Gasteiger charge is 2.01. The van der Waals surface area contributed by atoms with Crippen molar-refractivity contribution >= 4 is 12.0 Å². The topological polar surface area (TPSA) is 105 Å². The Kier molecular flexibility index (Phi) is 5.65. The number of carbonyl (C=O) groups is 2. The first-order valence-corrected chi connectivity index (χ1v) is 5.36. The van der Waals surface area contributed by atoms with E-state index in [9.17, 15) is 9.59 Å². The van der Waals surface area contributed by atoms with Crippen molar-refractivity contribution in [1.29, 1.82) is 0 Å². The molecule has 0 saturated carbocycles. The Hall–Kier alpha value is -2.09. The lowest BCUT2D eigenvalue weighted by Crippen LogP contribution is -2.37. The van der Waals surface area contributed by atoms with Gasteiger partial charge in [-0.3, -0.25) is 4.68 Å². The van der Waals surface area contributed by atoms with Crippen LogP contribution in [0.1, 0.15) is 5.56 Å². The normalized spacial score (nSPS) is 10.1. The first kappa shape index (κ1) is 14.0. The van der Waals surface area contributed by atoms with Gasteiger partial charge in [0, 0.05) is 31.9 Å². The third-order valence-corrected chi connectivity index (χ3v) is 1.97. The lowest BCUT2D eigenvalue weighted by atomic mass is 10.4. The molecule has 1 aromatic heterocycles. The predicted molar refractivity (Wildman–Crippen MR) is 61.9 cm³/mol. The summed E-state index contributed by atoms with van der Waals surface area (Å²) in [6.45, 7) is 0.438. The number of aliphatic carboxylic acids is 1. The highest BCUT2D eigenvalue weighted by Crippen LogP contribution is 1.94. The van der Waals surface area contributed by atoms with Crippen molar-refractivity contribution in [1.82, 2.24) is 20.4 Å². The van der Waals surface area contributed by atoms with E-state index in [1.807, 2.05) is 0 Å². The standard InChI is InChI=1S/C10H16N4O4/c1-14-6-8(5-13-14)4-12-10(17)11-2-3-18-7-9(15)16/h5-6H,2-4,7H2,1H3,(H,15,16)(H2,11,12,17). The van der Waals surface area contributed by atoms with Crippen molar-refractivity contribution in [3.63, 3.8) is 0 Å². The molecule has 0 atom stereocenters. The first-order chi connectivity index (χ1) is 8.58. The Morgan fingerprint density at radius 3 is 2.89 bits per heavy atom. The summed E-state index contributed by atoms with van der Waals surface area (Å²) in [5.74, 6) is -1.03. The van der Waals surface area contributed by atoms with Crippen LogP contribution in [0.3, 0.4) is 0 Å². The van der Waals surface area contributed by atoms with Crippen LogP contribution >= 0.6 is 0 Å². The van der Waals surface area contributed by atoms with E-state index in [0.29, 0.717) is 6.54 Å². The molecule has 0 unspecified atom stereocenters. The average molecular weight is 256 g/mol. The van der Waals surface area contributed by atoms with Gasteiger partial charge in [-0.05, 0) is 0 Å². The Labute approximate surface area is 104 Å². The van der Waals surface area contributed by atoms with Gasteiger partial charge in [0.15, 0.2) is 0 Å². The zero-order chi connectivity index (χ0) is 13.4. The number of hydrogen-bond acceptors (Lipinski definition) is 4. The van der Waals surface area contributed by atoms with E-state index in [-0.39, 0.29) is 25.8 Å². The second-order valence-corrected chi connectivity index (χ2v) is 3.58. The number of hydrogen-bond donors (Lipinski definition) is 3. The quantitative estimate of drug-likeness (QED) is 0.560. The second kappa shape index (κ2) is 7.28. The lowest BCUT2D eigenvalue weighted by molar-refractivity contribution is -0.142. The summed E-state index contributed by atoms with van der Waals surface area (Å²) in [7, 11) is 1.80. The molecule has 100 valence electrons. The highest BCUT2D eigenvalue weighted by atomic mass is 16.5. The van der Waals surface area contributed by atoms with Crippen molar-refractivity contribution < 1.29 is 19.4 Å². The van der Waals surface area contributed by atoms with Crippen LogP contribution in [0.4, 0.5) is 4.79 Å². The van der Waals surface area contributed by atoms with E-state index in [1.54, 1.807) is 24.1 Å². The van der Waals surface area contributed by atoms with Crippen molar-refractivity contribution in [3.8, 4) is 0 Å². The summed E-state index contributed by atoms with van der Waals surface area (Å²) in [6.07, 6.45) is 3.46. The molecule has 0 aliphatic rings. The lowest BCUT2D eigenvalue weighted by Gasteiger charge is -2.06. The van der Waals surface area contributed by atoms with E-state index in [4.69, 9.17) is 9.84 Å². The van der Waals surface area contributed by atoms with Gasteiger partial charge in [-0.2, -0.15) is 5.10 Å². The van der Waals surface area contributed by atoms with Gasteiger partial charge in [-0.25, -0.2) is 9.59 Å². The van der Waals surface area contributed by atoms with Crippen LogP contribution in [0.25, 0.3) is 0 Å². The molecule has 8 heteroatoms. The number of nitrogens with zero attached hydrogens (tertiary/aromatic N) is 2. The maximum atomic E-state index is 11.3. The molecule has 0 aliphatic carbocycles. The summed E-state index contributed by atoms with van der Waals surface area (Å²) >= 11 is 0. The van der Waals surface area contributed by atoms with Gasteiger partial charge in [0.05, 0.1) is 12.8 Å². The minimum Gasteiger partial charge on any atom is -0.480 e. The monoisotopic (exact) mass is 256 g/mol. The number of carboxylic acid groups (broad SMARTS) is 1. The van der Waals surface area contributed by atoms with Crippen LogP contribution in [0.5, 0.6) is 0 Å². The molecule has 0 saturated heterocycles. The number of ether oxygens (including phenoxy) is 1.